The number of rotatable bonds is 4. The molecular formula is C11H13BrO2. The molecule has 0 saturated carbocycles. The van der Waals surface area contributed by atoms with Crippen molar-refractivity contribution >= 4 is 21.7 Å². The van der Waals surface area contributed by atoms with Crippen LogP contribution in [-0.2, 0) is 4.74 Å². The minimum absolute atomic E-state index is 0.0388. The fourth-order valence-electron chi connectivity index (χ4n) is 1.21. The summed E-state index contributed by atoms with van der Waals surface area (Å²) in [7, 11) is 0. The summed E-state index contributed by atoms with van der Waals surface area (Å²) in [5.41, 5.74) is 1.71. The van der Waals surface area contributed by atoms with Crippen molar-refractivity contribution in [1.29, 1.82) is 0 Å². The maximum absolute atomic E-state index is 11.6. The molecule has 0 aromatic heterocycles. The van der Waals surface area contributed by atoms with E-state index in [-0.39, 0.29) is 12.4 Å². The van der Waals surface area contributed by atoms with Gasteiger partial charge in [-0.1, -0.05) is 15.9 Å². The molecule has 0 unspecified atom stereocenters. The highest BCUT2D eigenvalue weighted by Crippen LogP contribution is 2.16. The van der Waals surface area contributed by atoms with Crippen molar-refractivity contribution in [2.45, 2.75) is 13.8 Å². The van der Waals surface area contributed by atoms with Gasteiger partial charge in [0.2, 0.25) is 0 Å². The quantitative estimate of drug-likeness (QED) is 0.775. The van der Waals surface area contributed by atoms with Crippen LogP contribution in [0, 0.1) is 6.92 Å². The van der Waals surface area contributed by atoms with Gasteiger partial charge < -0.3 is 4.74 Å². The Morgan fingerprint density at radius 1 is 1.50 bits per heavy atom. The summed E-state index contributed by atoms with van der Waals surface area (Å²) in [4.78, 5) is 11.6. The molecule has 14 heavy (non-hydrogen) atoms. The number of halogens is 1. The molecule has 2 nitrogen and oxygen atoms in total. The average Bonchev–Trinajstić information content (AvgIpc) is 2.14. The summed E-state index contributed by atoms with van der Waals surface area (Å²) >= 11 is 3.36. The molecule has 0 aliphatic heterocycles. The monoisotopic (exact) mass is 256 g/mol. The zero-order chi connectivity index (χ0) is 10.6. The third-order valence-electron chi connectivity index (χ3n) is 1.93. The summed E-state index contributed by atoms with van der Waals surface area (Å²) in [5.74, 6) is 0.0388. The van der Waals surface area contributed by atoms with E-state index < -0.39 is 0 Å². The van der Waals surface area contributed by atoms with Crippen molar-refractivity contribution in [3.8, 4) is 0 Å². The fourth-order valence-corrected chi connectivity index (χ4v) is 1.69. The number of hydrogen-bond acceptors (Lipinski definition) is 2. The molecule has 3 heteroatoms. The average molecular weight is 257 g/mol. The predicted molar refractivity (Wildman–Crippen MR) is 59.7 cm³/mol. The molecule has 0 spiro atoms. The summed E-state index contributed by atoms with van der Waals surface area (Å²) in [5, 5.41) is 0. The van der Waals surface area contributed by atoms with Crippen LogP contribution in [0.5, 0.6) is 0 Å². The van der Waals surface area contributed by atoms with Crippen LogP contribution in [0.2, 0.25) is 0 Å². The molecule has 0 fully saturated rings. The van der Waals surface area contributed by atoms with Gasteiger partial charge in [0.05, 0.1) is 0 Å². The third kappa shape index (κ3) is 2.93. The topological polar surface area (TPSA) is 26.3 Å². The van der Waals surface area contributed by atoms with Crippen LogP contribution < -0.4 is 0 Å². The van der Waals surface area contributed by atoms with Crippen LogP contribution >= 0.6 is 15.9 Å². The molecular weight excluding hydrogens is 244 g/mol. The van der Waals surface area contributed by atoms with Crippen LogP contribution in [0.15, 0.2) is 22.7 Å². The smallest absolute Gasteiger partial charge is 0.188 e. The Bertz CT molecular complexity index is 334. The second kappa shape index (κ2) is 5.27. The maximum Gasteiger partial charge on any atom is 0.188 e. The molecule has 0 saturated heterocycles. The summed E-state index contributed by atoms with van der Waals surface area (Å²) in [6.07, 6.45) is 0. The highest BCUT2D eigenvalue weighted by molar-refractivity contribution is 9.10. The van der Waals surface area contributed by atoms with Crippen LogP contribution in [0.3, 0.4) is 0 Å². The van der Waals surface area contributed by atoms with Crippen LogP contribution in [0.25, 0.3) is 0 Å². The molecule has 1 aromatic rings. The van der Waals surface area contributed by atoms with Crippen molar-refractivity contribution < 1.29 is 9.53 Å². The zero-order valence-electron chi connectivity index (χ0n) is 8.34. The van der Waals surface area contributed by atoms with E-state index in [9.17, 15) is 4.79 Å². The molecule has 0 heterocycles. The summed E-state index contributed by atoms with van der Waals surface area (Å²) in [6, 6.07) is 5.62. The number of Topliss-reactive ketones (excluding diaryl/α,β-unsaturated/α-hetero) is 1. The van der Waals surface area contributed by atoms with E-state index in [0.717, 1.165) is 15.6 Å². The molecule has 0 aliphatic carbocycles. The highest BCUT2D eigenvalue weighted by Gasteiger charge is 2.08. The second-order valence-electron chi connectivity index (χ2n) is 3.02. The number of benzene rings is 1. The van der Waals surface area contributed by atoms with E-state index in [1.165, 1.54) is 0 Å². The fraction of sp³-hybridized carbons (Fsp3) is 0.364. The molecule has 0 amide bonds. The number of ketones is 1. The molecule has 1 aromatic carbocycles. The van der Waals surface area contributed by atoms with E-state index in [1.54, 1.807) is 0 Å². The number of ether oxygens (including phenoxy) is 1. The lowest BCUT2D eigenvalue weighted by atomic mass is 10.1. The first-order valence-electron chi connectivity index (χ1n) is 4.52. The van der Waals surface area contributed by atoms with Gasteiger partial charge in [0.1, 0.15) is 6.61 Å². The normalized spacial score (nSPS) is 10.2. The third-order valence-corrected chi connectivity index (χ3v) is 2.42. The van der Waals surface area contributed by atoms with E-state index in [0.29, 0.717) is 6.61 Å². The van der Waals surface area contributed by atoms with Gasteiger partial charge in [0, 0.05) is 16.6 Å². The Hall–Kier alpha value is -0.670. The minimum Gasteiger partial charge on any atom is -0.374 e. The first-order chi connectivity index (χ1) is 6.65. The Morgan fingerprint density at radius 3 is 2.79 bits per heavy atom. The SMILES string of the molecule is CCOCC(=O)c1ccc(Br)cc1C. The zero-order valence-corrected chi connectivity index (χ0v) is 9.93. The minimum atomic E-state index is 0.0388. The lowest BCUT2D eigenvalue weighted by molar-refractivity contribution is 0.0782. The Balaban J connectivity index is 2.80. The van der Waals surface area contributed by atoms with Crippen LogP contribution in [0.4, 0.5) is 0 Å². The first-order valence-corrected chi connectivity index (χ1v) is 5.31. The van der Waals surface area contributed by atoms with Gasteiger partial charge in [-0.3, -0.25) is 4.79 Å². The van der Waals surface area contributed by atoms with Gasteiger partial charge in [0.25, 0.3) is 0 Å². The van der Waals surface area contributed by atoms with E-state index in [1.807, 2.05) is 32.0 Å². The molecule has 0 bridgehead atoms. The van der Waals surface area contributed by atoms with Gasteiger partial charge in [0.15, 0.2) is 5.78 Å². The lowest BCUT2D eigenvalue weighted by Gasteiger charge is -2.05. The summed E-state index contributed by atoms with van der Waals surface area (Å²) < 4.78 is 6.06. The maximum atomic E-state index is 11.6. The highest BCUT2D eigenvalue weighted by atomic mass is 79.9. The van der Waals surface area contributed by atoms with Gasteiger partial charge in [-0.25, -0.2) is 0 Å². The standard InChI is InChI=1S/C11H13BrO2/c1-3-14-7-11(13)10-5-4-9(12)6-8(10)2/h4-6H,3,7H2,1-2H3. The predicted octanol–water partition coefficient (Wildman–Crippen LogP) is 2.98. The molecule has 76 valence electrons. The molecule has 1 rings (SSSR count). The Morgan fingerprint density at radius 2 is 2.21 bits per heavy atom. The van der Waals surface area contributed by atoms with Crippen molar-refractivity contribution in [3.63, 3.8) is 0 Å². The molecule has 0 radical (unpaired) electrons. The van der Waals surface area contributed by atoms with Crippen molar-refractivity contribution in [3.05, 3.63) is 33.8 Å². The van der Waals surface area contributed by atoms with Gasteiger partial charge >= 0.3 is 0 Å². The van der Waals surface area contributed by atoms with Gasteiger partial charge in [-0.05, 0) is 37.6 Å². The van der Waals surface area contributed by atoms with Gasteiger partial charge in [-0.2, -0.15) is 0 Å². The van der Waals surface area contributed by atoms with E-state index in [4.69, 9.17) is 4.74 Å². The largest absolute Gasteiger partial charge is 0.374 e. The summed E-state index contributed by atoms with van der Waals surface area (Å²) in [6.45, 7) is 4.53. The van der Waals surface area contributed by atoms with Crippen molar-refractivity contribution in [2.75, 3.05) is 13.2 Å². The van der Waals surface area contributed by atoms with E-state index in [2.05, 4.69) is 15.9 Å². The Labute approximate surface area is 92.4 Å². The molecule has 0 N–H and O–H groups in total. The number of aryl methyl sites for hydroxylation is 1. The Kier molecular flexibility index (Phi) is 4.29. The van der Waals surface area contributed by atoms with Crippen LogP contribution in [-0.4, -0.2) is 19.0 Å². The van der Waals surface area contributed by atoms with Gasteiger partial charge in [-0.15, -0.1) is 0 Å². The number of hydrogen-bond donors (Lipinski definition) is 0. The number of carbonyl (C=O) groups excluding carboxylic acids is 1. The van der Waals surface area contributed by atoms with Crippen molar-refractivity contribution in [1.82, 2.24) is 0 Å². The van der Waals surface area contributed by atoms with E-state index >= 15 is 0 Å². The molecule has 0 aliphatic rings. The lowest BCUT2D eigenvalue weighted by Crippen LogP contribution is -2.10. The second-order valence-corrected chi connectivity index (χ2v) is 3.94. The first kappa shape index (κ1) is 11.4. The van der Waals surface area contributed by atoms with Crippen LogP contribution in [0.1, 0.15) is 22.8 Å². The van der Waals surface area contributed by atoms with Crippen molar-refractivity contribution in [2.24, 2.45) is 0 Å². The number of carbonyl (C=O) groups is 1. The molecule has 0 atom stereocenters.